The molecule has 0 fully saturated rings. The van der Waals surface area contributed by atoms with Gasteiger partial charge in [0.2, 0.25) is 0 Å². The molecular formula is C45H70O5. The van der Waals surface area contributed by atoms with E-state index in [0.29, 0.717) is 12.8 Å². The second-order valence-corrected chi connectivity index (χ2v) is 12.2. The second kappa shape index (κ2) is 40.0. The Morgan fingerprint density at radius 1 is 0.460 bits per heavy atom. The van der Waals surface area contributed by atoms with E-state index in [9.17, 15) is 14.7 Å². The molecule has 0 radical (unpaired) electrons. The highest BCUT2D eigenvalue weighted by atomic mass is 16.6. The van der Waals surface area contributed by atoms with Crippen LogP contribution in [0.25, 0.3) is 0 Å². The largest absolute Gasteiger partial charge is 0.462 e. The topological polar surface area (TPSA) is 72.8 Å². The number of allylic oxidation sites excluding steroid dienone is 18. The van der Waals surface area contributed by atoms with Crippen molar-refractivity contribution in [1.82, 2.24) is 0 Å². The Bertz CT molecular complexity index is 1050. The summed E-state index contributed by atoms with van der Waals surface area (Å²) in [6.45, 7) is 3.83. The number of hydrogen-bond donors (Lipinski definition) is 1. The standard InChI is InChI=1S/C45H70O5/c1-3-5-7-9-11-13-15-17-19-20-21-22-23-24-26-28-30-32-34-36-38-40-45(48)50-43(41-46)42-49-44(47)39-37-35-33-31-29-27-25-18-16-14-12-10-8-6-4-2/h5-8,11-14,17-19,21-22,24-26,29,31,43,46H,3-4,9-10,15-16,20,23,27-28,30,32-42H2,1-2H3/b7-5-,8-6-,13-11-,14-12-,19-17-,22-21-,25-18-,26-24-,31-29-. The molecular weight excluding hydrogens is 620 g/mol. The van der Waals surface area contributed by atoms with Gasteiger partial charge in [-0.15, -0.1) is 0 Å². The number of rotatable bonds is 33. The van der Waals surface area contributed by atoms with Crippen molar-refractivity contribution in [3.8, 4) is 0 Å². The molecule has 0 spiro atoms. The lowest BCUT2D eigenvalue weighted by molar-refractivity contribution is -0.161. The number of carbonyl (C=O) groups excluding carboxylic acids is 2. The molecule has 0 aliphatic rings. The van der Waals surface area contributed by atoms with Crippen LogP contribution in [0.5, 0.6) is 0 Å². The van der Waals surface area contributed by atoms with Crippen LogP contribution in [0.4, 0.5) is 0 Å². The van der Waals surface area contributed by atoms with Crippen molar-refractivity contribution in [3.05, 3.63) is 109 Å². The first-order valence-electron chi connectivity index (χ1n) is 19.4. The highest BCUT2D eigenvalue weighted by molar-refractivity contribution is 5.70. The zero-order valence-corrected chi connectivity index (χ0v) is 31.6. The molecule has 0 saturated heterocycles. The number of aliphatic hydroxyl groups excluding tert-OH is 1. The highest BCUT2D eigenvalue weighted by Crippen LogP contribution is 2.10. The van der Waals surface area contributed by atoms with Gasteiger partial charge in [-0.25, -0.2) is 0 Å². The van der Waals surface area contributed by atoms with Gasteiger partial charge < -0.3 is 14.6 Å². The predicted molar refractivity (Wildman–Crippen MR) is 214 cm³/mol. The Hall–Kier alpha value is -3.44. The van der Waals surface area contributed by atoms with Crippen LogP contribution < -0.4 is 0 Å². The van der Waals surface area contributed by atoms with Crippen molar-refractivity contribution < 1.29 is 24.2 Å². The fourth-order valence-corrected chi connectivity index (χ4v) is 4.69. The van der Waals surface area contributed by atoms with Gasteiger partial charge in [0.1, 0.15) is 6.61 Å². The lowest BCUT2D eigenvalue weighted by Crippen LogP contribution is -2.28. The van der Waals surface area contributed by atoms with Gasteiger partial charge in [0.15, 0.2) is 6.10 Å². The van der Waals surface area contributed by atoms with Gasteiger partial charge in [-0.3, -0.25) is 9.59 Å². The molecule has 0 amide bonds. The minimum absolute atomic E-state index is 0.103. The number of unbranched alkanes of at least 4 members (excludes halogenated alkanes) is 7. The van der Waals surface area contributed by atoms with E-state index < -0.39 is 6.10 Å². The van der Waals surface area contributed by atoms with Gasteiger partial charge in [-0.05, 0) is 96.3 Å². The van der Waals surface area contributed by atoms with Crippen LogP contribution in [0.3, 0.4) is 0 Å². The van der Waals surface area contributed by atoms with E-state index in [-0.39, 0.29) is 25.2 Å². The first kappa shape index (κ1) is 46.6. The summed E-state index contributed by atoms with van der Waals surface area (Å²) < 4.78 is 10.6. The smallest absolute Gasteiger partial charge is 0.306 e. The van der Waals surface area contributed by atoms with Gasteiger partial charge in [-0.2, -0.15) is 0 Å². The summed E-state index contributed by atoms with van der Waals surface area (Å²) in [4.78, 5) is 24.2. The molecule has 50 heavy (non-hydrogen) atoms. The van der Waals surface area contributed by atoms with Crippen molar-refractivity contribution in [3.63, 3.8) is 0 Å². The third-order valence-electron chi connectivity index (χ3n) is 7.56. The minimum atomic E-state index is -0.806. The Balaban J connectivity index is 3.72. The Morgan fingerprint density at radius 2 is 0.800 bits per heavy atom. The van der Waals surface area contributed by atoms with Gasteiger partial charge in [-0.1, -0.05) is 142 Å². The van der Waals surface area contributed by atoms with Crippen LogP contribution in [-0.2, 0) is 19.1 Å². The molecule has 5 nitrogen and oxygen atoms in total. The highest BCUT2D eigenvalue weighted by Gasteiger charge is 2.16. The SMILES string of the molecule is CC/C=C\C/C=C\C/C=C\C/C=C\C/C=C\CCCCCCCC(=O)OC(CO)COC(=O)CCCC/C=C\C/C=C\C/C=C\C/C=C\CC. The Kier molecular flexibility index (Phi) is 37.2. The summed E-state index contributed by atoms with van der Waals surface area (Å²) in [5, 5.41) is 9.55. The Morgan fingerprint density at radius 3 is 1.24 bits per heavy atom. The number of ether oxygens (including phenoxy) is 2. The van der Waals surface area contributed by atoms with Crippen molar-refractivity contribution in [1.29, 1.82) is 0 Å². The summed E-state index contributed by atoms with van der Waals surface area (Å²) in [6, 6.07) is 0. The molecule has 0 aromatic rings. The first-order valence-corrected chi connectivity index (χ1v) is 19.4. The van der Waals surface area contributed by atoms with Gasteiger partial charge in [0.25, 0.3) is 0 Å². The summed E-state index contributed by atoms with van der Waals surface area (Å²) in [7, 11) is 0. The van der Waals surface area contributed by atoms with Crippen molar-refractivity contribution in [2.45, 2.75) is 148 Å². The molecule has 0 aromatic heterocycles. The minimum Gasteiger partial charge on any atom is -0.462 e. The molecule has 0 heterocycles. The lowest BCUT2D eigenvalue weighted by Gasteiger charge is -2.15. The fraction of sp³-hybridized carbons (Fsp3) is 0.556. The maximum atomic E-state index is 12.2. The summed E-state index contributed by atoms with van der Waals surface area (Å²) in [6.07, 6.45) is 57.2. The van der Waals surface area contributed by atoms with E-state index in [4.69, 9.17) is 9.47 Å². The van der Waals surface area contributed by atoms with E-state index in [2.05, 4.69) is 123 Å². The van der Waals surface area contributed by atoms with E-state index in [1.54, 1.807) is 0 Å². The molecule has 0 aliphatic heterocycles. The number of carbonyl (C=O) groups is 2. The van der Waals surface area contributed by atoms with Gasteiger partial charge in [0, 0.05) is 12.8 Å². The molecule has 5 heteroatoms. The monoisotopic (exact) mass is 691 g/mol. The van der Waals surface area contributed by atoms with E-state index in [1.165, 1.54) is 0 Å². The molecule has 1 N–H and O–H groups in total. The molecule has 1 unspecified atom stereocenters. The van der Waals surface area contributed by atoms with Gasteiger partial charge in [0.05, 0.1) is 6.61 Å². The molecule has 1 atom stereocenters. The molecule has 0 bridgehead atoms. The molecule has 0 rings (SSSR count). The Labute approximate surface area is 306 Å². The maximum Gasteiger partial charge on any atom is 0.306 e. The van der Waals surface area contributed by atoms with Crippen LogP contribution in [0, 0.1) is 0 Å². The van der Waals surface area contributed by atoms with Crippen molar-refractivity contribution in [2.75, 3.05) is 13.2 Å². The third-order valence-corrected chi connectivity index (χ3v) is 7.56. The molecule has 0 aliphatic carbocycles. The summed E-state index contributed by atoms with van der Waals surface area (Å²) in [5.74, 6) is -0.675. The lowest BCUT2D eigenvalue weighted by atomic mass is 10.1. The maximum absolute atomic E-state index is 12.2. The average Bonchev–Trinajstić information content (AvgIpc) is 3.12. The van der Waals surface area contributed by atoms with E-state index in [1.807, 2.05) is 0 Å². The molecule has 0 saturated carbocycles. The van der Waals surface area contributed by atoms with Crippen LogP contribution in [0.15, 0.2) is 109 Å². The number of aliphatic hydroxyl groups is 1. The summed E-state index contributed by atoms with van der Waals surface area (Å²) in [5.41, 5.74) is 0. The van der Waals surface area contributed by atoms with Crippen molar-refractivity contribution in [2.24, 2.45) is 0 Å². The predicted octanol–water partition coefficient (Wildman–Crippen LogP) is 12.3. The van der Waals surface area contributed by atoms with Crippen LogP contribution in [-0.4, -0.2) is 36.4 Å². The summed E-state index contributed by atoms with van der Waals surface area (Å²) >= 11 is 0. The van der Waals surface area contributed by atoms with E-state index in [0.717, 1.165) is 116 Å². The van der Waals surface area contributed by atoms with E-state index >= 15 is 0 Å². The zero-order chi connectivity index (χ0) is 36.4. The van der Waals surface area contributed by atoms with Crippen LogP contribution >= 0.6 is 0 Å². The van der Waals surface area contributed by atoms with Crippen LogP contribution in [0.1, 0.15) is 142 Å². The average molecular weight is 691 g/mol. The third kappa shape index (κ3) is 37.4. The molecule has 280 valence electrons. The van der Waals surface area contributed by atoms with Gasteiger partial charge >= 0.3 is 11.9 Å². The first-order chi connectivity index (χ1) is 24.6. The zero-order valence-electron chi connectivity index (χ0n) is 31.6. The normalized spacial score (nSPS) is 13.4. The second-order valence-electron chi connectivity index (χ2n) is 12.2. The number of hydrogen-bond acceptors (Lipinski definition) is 5. The van der Waals surface area contributed by atoms with Crippen molar-refractivity contribution >= 4 is 11.9 Å². The number of esters is 2. The molecule has 0 aromatic carbocycles. The fourth-order valence-electron chi connectivity index (χ4n) is 4.69. The van der Waals surface area contributed by atoms with Crippen LogP contribution in [0.2, 0.25) is 0 Å². The quantitative estimate of drug-likeness (QED) is 0.0421.